The van der Waals surface area contributed by atoms with E-state index in [0.29, 0.717) is 18.1 Å². The Bertz CT molecular complexity index is 1350. The Morgan fingerprint density at radius 2 is 1.77 bits per heavy atom. The van der Waals surface area contributed by atoms with Gasteiger partial charge in [-0.3, -0.25) is 9.69 Å². The van der Waals surface area contributed by atoms with Crippen LogP contribution in [-0.2, 0) is 17.8 Å². The second kappa shape index (κ2) is 8.00. The first-order valence-corrected chi connectivity index (χ1v) is 11.1. The number of hydrogen-bond acceptors (Lipinski definition) is 4. The molecule has 0 saturated carbocycles. The van der Waals surface area contributed by atoms with Gasteiger partial charge in [0.15, 0.2) is 5.13 Å². The van der Waals surface area contributed by atoms with Crippen LogP contribution in [0.15, 0.2) is 77.4 Å². The summed E-state index contributed by atoms with van der Waals surface area (Å²) in [5.74, 6) is 0.734. The standard InChI is InChI=1S/C26H22N2O2S/c1-17-12-23-24(13-18(17)2)31-26(27-23)28(16-22-8-5-11-30-22)25(29)15-19-9-10-20-6-3-4-7-21(20)14-19/h3-14H,15-16H2,1-2H3. The van der Waals surface area contributed by atoms with Crippen molar-refractivity contribution in [1.29, 1.82) is 0 Å². The van der Waals surface area contributed by atoms with Gasteiger partial charge in [0.05, 0.1) is 29.4 Å². The highest BCUT2D eigenvalue weighted by Gasteiger charge is 2.22. The predicted molar refractivity (Wildman–Crippen MR) is 127 cm³/mol. The average Bonchev–Trinajstić information content (AvgIpc) is 3.42. The number of carbonyl (C=O) groups excluding carboxylic acids is 1. The molecule has 0 aliphatic carbocycles. The minimum Gasteiger partial charge on any atom is -0.467 e. The molecule has 0 saturated heterocycles. The fourth-order valence-corrected chi connectivity index (χ4v) is 4.78. The number of rotatable bonds is 5. The Morgan fingerprint density at radius 1 is 0.968 bits per heavy atom. The smallest absolute Gasteiger partial charge is 0.233 e. The molecule has 0 atom stereocenters. The first-order valence-electron chi connectivity index (χ1n) is 10.2. The quantitative estimate of drug-likeness (QED) is 0.325. The molecule has 0 N–H and O–H groups in total. The molecule has 2 heterocycles. The van der Waals surface area contributed by atoms with E-state index >= 15 is 0 Å². The molecule has 31 heavy (non-hydrogen) atoms. The maximum Gasteiger partial charge on any atom is 0.233 e. The van der Waals surface area contributed by atoms with Crippen molar-refractivity contribution >= 4 is 43.4 Å². The molecule has 5 heteroatoms. The van der Waals surface area contributed by atoms with Crippen molar-refractivity contribution in [3.8, 4) is 0 Å². The molecule has 0 aliphatic heterocycles. The molecule has 3 aromatic carbocycles. The number of thiazole rings is 1. The van der Waals surface area contributed by atoms with Crippen LogP contribution in [0.4, 0.5) is 5.13 Å². The zero-order valence-corrected chi connectivity index (χ0v) is 18.3. The lowest BCUT2D eigenvalue weighted by molar-refractivity contribution is -0.118. The average molecular weight is 427 g/mol. The molecular weight excluding hydrogens is 404 g/mol. The Hall–Kier alpha value is -3.44. The Kier molecular flexibility index (Phi) is 5.04. The van der Waals surface area contributed by atoms with Gasteiger partial charge in [0.25, 0.3) is 0 Å². The van der Waals surface area contributed by atoms with E-state index in [9.17, 15) is 4.79 Å². The highest BCUT2D eigenvalue weighted by Crippen LogP contribution is 2.32. The lowest BCUT2D eigenvalue weighted by atomic mass is 10.0. The first-order chi connectivity index (χ1) is 15.1. The summed E-state index contributed by atoms with van der Waals surface area (Å²) >= 11 is 1.54. The molecule has 5 aromatic rings. The molecule has 0 fully saturated rings. The van der Waals surface area contributed by atoms with Crippen molar-refractivity contribution in [2.75, 3.05) is 4.90 Å². The van der Waals surface area contributed by atoms with E-state index in [4.69, 9.17) is 9.40 Å². The van der Waals surface area contributed by atoms with Crippen molar-refractivity contribution in [3.63, 3.8) is 0 Å². The summed E-state index contributed by atoms with van der Waals surface area (Å²) in [6.45, 7) is 4.54. The van der Waals surface area contributed by atoms with Crippen molar-refractivity contribution in [2.24, 2.45) is 0 Å². The monoisotopic (exact) mass is 426 g/mol. The van der Waals surface area contributed by atoms with Crippen LogP contribution in [-0.4, -0.2) is 10.9 Å². The van der Waals surface area contributed by atoms with Gasteiger partial charge in [-0.05, 0) is 65.6 Å². The van der Waals surface area contributed by atoms with Crippen LogP contribution < -0.4 is 4.90 Å². The van der Waals surface area contributed by atoms with Crippen LogP contribution in [0.1, 0.15) is 22.5 Å². The van der Waals surface area contributed by atoms with Crippen LogP contribution in [0.5, 0.6) is 0 Å². The SMILES string of the molecule is Cc1cc2nc(N(Cc3ccco3)C(=O)Cc3ccc4ccccc4c3)sc2cc1C. The Labute approximate surface area is 184 Å². The topological polar surface area (TPSA) is 46.3 Å². The zero-order valence-electron chi connectivity index (χ0n) is 17.5. The summed E-state index contributed by atoms with van der Waals surface area (Å²) in [6.07, 6.45) is 1.94. The summed E-state index contributed by atoms with van der Waals surface area (Å²) in [5, 5.41) is 3.00. The maximum absolute atomic E-state index is 13.4. The molecule has 0 aliphatic rings. The number of amides is 1. The van der Waals surface area contributed by atoms with Crippen molar-refractivity contribution in [2.45, 2.75) is 26.8 Å². The van der Waals surface area contributed by atoms with Crippen LogP contribution in [0.25, 0.3) is 21.0 Å². The second-order valence-electron chi connectivity index (χ2n) is 7.82. The zero-order chi connectivity index (χ0) is 21.4. The van der Waals surface area contributed by atoms with Gasteiger partial charge in [0.1, 0.15) is 5.76 Å². The van der Waals surface area contributed by atoms with Crippen LogP contribution in [0.2, 0.25) is 0 Å². The van der Waals surface area contributed by atoms with Crippen molar-refractivity contribution in [3.05, 3.63) is 95.4 Å². The fourth-order valence-electron chi connectivity index (χ4n) is 3.72. The number of hydrogen-bond donors (Lipinski definition) is 0. The number of aryl methyl sites for hydroxylation is 2. The van der Waals surface area contributed by atoms with Crippen molar-refractivity contribution in [1.82, 2.24) is 4.98 Å². The largest absolute Gasteiger partial charge is 0.467 e. The molecule has 0 bridgehead atoms. The van der Waals surface area contributed by atoms with Gasteiger partial charge >= 0.3 is 0 Å². The van der Waals surface area contributed by atoms with Crippen LogP contribution in [0, 0.1) is 13.8 Å². The third-order valence-corrected chi connectivity index (χ3v) is 6.63. The molecule has 154 valence electrons. The Balaban J connectivity index is 1.49. The molecule has 0 radical (unpaired) electrons. The highest BCUT2D eigenvalue weighted by molar-refractivity contribution is 7.22. The van der Waals surface area contributed by atoms with Gasteiger partial charge < -0.3 is 4.42 Å². The number of carbonyl (C=O) groups is 1. The van der Waals surface area contributed by atoms with Gasteiger partial charge in [-0.15, -0.1) is 0 Å². The molecule has 1 amide bonds. The first kappa shape index (κ1) is 19.5. The molecule has 2 aromatic heterocycles. The summed E-state index contributed by atoms with van der Waals surface area (Å²) in [5.41, 5.74) is 4.33. The fraction of sp³-hybridized carbons (Fsp3) is 0.154. The van der Waals surface area contributed by atoms with Crippen LogP contribution in [0.3, 0.4) is 0 Å². The normalized spacial score (nSPS) is 11.3. The number of fused-ring (bicyclic) bond motifs is 2. The number of anilines is 1. The van der Waals surface area contributed by atoms with Crippen LogP contribution >= 0.6 is 11.3 Å². The van der Waals surface area contributed by atoms with E-state index < -0.39 is 0 Å². The number of aromatic nitrogens is 1. The summed E-state index contributed by atoms with van der Waals surface area (Å²) in [4.78, 5) is 20.0. The minimum absolute atomic E-state index is 0.000758. The molecule has 4 nitrogen and oxygen atoms in total. The third kappa shape index (κ3) is 3.97. The third-order valence-electron chi connectivity index (χ3n) is 5.59. The van der Waals surface area contributed by atoms with E-state index in [1.807, 2.05) is 30.3 Å². The van der Waals surface area contributed by atoms with Gasteiger partial charge in [-0.1, -0.05) is 53.8 Å². The van der Waals surface area contributed by atoms with E-state index in [2.05, 4.69) is 50.2 Å². The maximum atomic E-state index is 13.4. The number of furan rings is 1. The van der Waals surface area contributed by atoms with Gasteiger partial charge in [0.2, 0.25) is 5.91 Å². The second-order valence-corrected chi connectivity index (χ2v) is 8.83. The summed E-state index contributed by atoms with van der Waals surface area (Å²) in [6, 6.07) is 22.3. The molecule has 5 rings (SSSR count). The van der Waals surface area contributed by atoms with Gasteiger partial charge in [-0.25, -0.2) is 4.98 Å². The number of benzene rings is 3. The number of nitrogens with zero attached hydrogens (tertiary/aromatic N) is 2. The summed E-state index contributed by atoms with van der Waals surface area (Å²) in [7, 11) is 0. The molecule has 0 spiro atoms. The van der Waals surface area contributed by atoms with E-state index in [0.717, 1.165) is 26.9 Å². The molecular formula is C26H22N2O2S. The lowest BCUT2D eigenvalue weighted by Gasteiger charge is -2.19. The molecule has 0 unspecified atom stereocenters. The minimum atomic E-state index is -0.000758. The predicted octanol–water partition coefficient (Wildman–Crippen LogP) is 6.44. The van der Waals surface area contributed by atoms with Gasteiger partial charge in [0, 0.05) is 0 Å². The Morgan fingerprint density at radius 3 is 2.58 bits per heavy atom. The van der Waals surface area contributed by atoms with Gasteiger partial charge in [-0.2, -0.15) is 0 Å². The lowest BCUT2D eigenvalue weighted by Crippen LogP contribution is -2.31. The highest BCUT2D eigenvalue weighted by atomic mass is 32.1. The van der Waals surface area contributed by atoms with E-state index in [-0.39, 0.29) is 5.91 Å². The van der Waals surface area contributed by atoms with Crippen molar-refractivity contribution < 1.29 is 9.21 Å². The van der Waals surface area contributed by atoms with E-state index in [1.165, 1.54) is 16.5 Å². The van der Waals surface area contributed by atoms with E-state index in [1.54, 1.807) is 22.5 Å². The summed E-state index contributed by atoms with van der Waals surface area (Å²) < 4.78 is 6.62.